The van der Waals surface area contributed by atoms with Gasteiger partial charge in [0.05, 0.1) is 6.10 Å². The van der Waals surface area contributed by atoms with Gasteiger partial charge in [0, 0.05) is 22.6 Å². The monoisotopic (exact) mass is 338 g/mol. The number of ether oxygens (including phenoxy) is 1. The summed E-state index contributed by atoms with van der Waals surface area (Å²) in [6, 6.07) is 6.04. The van der Waals surface area contributed by atoms with Crippen LogP contribution in [0.15, 0.2) is 22.7 Å². The fourth-order valence-corrected chi connectivity index (χ4v) is 3.49. The highest BCUT2D eigenvalue weighted by atomic mass is 79.9. The summed E-state index contributed by atoms with van der Waals surface area (Å²) in [5.41, 5.74) is 1.80. The molecule has 0 radical (unpaired) electrons. The van der Waals surface area contributed by atoms with E-state index in [1.807, 2.05) is 12.1 Å². The highest BCUT2D eigenvalue weighted by Crippen LogP contribution is 2.41. The van der Waals surface area contributed by atoms with Crippen LogP contribution in [0.1, 0.15) is 49.5 Å². The molecule has 110 valence electrons. The average Bonchev–Trinajstić information content (AvgIpc) is 2.63. The number of hydrogen-bond donors (Lipinski definition) is 0. The van der Waals surface area contributed by atoms with E-state index >= 15 is 0 Å². The van der Waals surface area contributed by atoms with Crippen LogP contribution >= 0.6 is 15.9 Å². The second-order valence-corrected chi connectivity index (χ2v) is 7.34. The Balaban J connectivity index is 2.12. The van der Waals surface area contributed by atoms with Crippen LogP contribution < -0.4 is 0 Å². The molecule has 1 aliphatic carbocycles. The van der Waals surface area contributed by atoms with Crippen LogP contribution in [0.5, 0.6) is 0 Å². The van der Waals surface area contributed by atoms with Crippen molar-refractivity contribution in [3.8, 4) is 0 Å². The molecule has 2 nitrogen and oxygen atoms in total. The molecule has 3 heteroatoms. The second kappa shape index (κ2) is 5.98. The van der Waals surface area contributed by atoms with E-state index in [1.54, 1.807) is 7.11 Å². The Labute approximate surface area is 130 Å². The van der Waals surface area contributed by atoms with Crippen molar-refractivity contribution in [1.29, 1.82) is 0 Å². The van der Waals surface area contributed by atoms with Gasteiger partial charge in [-0.2, -0.15) is 0 Å². The maximum Gasteiger partial charge on any atom is 0.169 e. The lowest BCUT2D eigenvalue weighted by atomic mass is 9.80. The molecule has 0 amide bonds. The summed E-state index contributed by atoms with van der Waals surface area (Å²) in [5.74, 6) is 0.768. The van der Waals surface area contributed by atoms with Gasteiger partial charge in [-0.3, -0.25) is 4.79 Å². The standard InChI is InChI=1S/C17H23BrO2/c1-11(2)15(20-4)7-8-17(3)10-12-5-6-13(18)9-14(12)16(17)19/h5-6,9,11,15H,7-8,10H2,1-4H3/t15-,17+/m0/s1. The maximum atomic E-state index is 12.7. The average molecular weight is 339 g/mol. The van der Waals surface area contributed by atoms with Crippen molar-refractivity contribution in [2.45, 2.75) is 46.1 Å². The van der Waals surface area contributed by atoms with Crippen molar-refractivity contribution < 1.29 is 9.53 Å². The molecule has 0 saturated carbocycles. The third-order valence-electron chi connectivity index (χ3n) is 4.47. The van der Waals surface area contributed by atoms with Crippen molar-refractivity contribution in [2.24, 2.45) is 11.3 Å². The number of ketones is 1. The van der Waals surface area contributed by atoms with Crippen LogP contribution in [0.4, 0.5) is 0 Å². The Morgan fingerprint density at radius 1 is 1.40 bits per heavy atom. The third kappa shape index (κ3) is 2.99. The Morgan fingerprint density at radius 3 is 2.70 bits per heavy atom. The maximum absolute atomic E-state index is 12.7. The SMILES string of the molecule is CO[C@@H](CC[C@]1(C)Cc2ccc(Br)cc2C1=O)C(C)C. The molecule has 0 fully saturated rings. The molecule has 0 saturated heterocycles. The molecule has 0 heterocycles. The van der Waals surface area contributed by atoms with Crippen molar-refractivity contribution in [3.63, 3.8) is 0 Å². The minimum absolute atomic E-state index is 0.232. The summed E-state index contributed by atoms with van der Waals surface area (Å²) in [6.07, 6.45) is 2.90. The Bertz CT molecular complexity index is 510. The Kier molecular flexibility index (Phi) is 4.70. The number of carbonyl (C=O) groups excluding carboxylic acids is 1. The zero-order valence-corrected chi connectivity index (χ0v) is 14.3. The van der Waals surface area contributed by atoms with E-state index in [2.05, 4.69) is 42.8 Å². The van der Waals surface area contributed by atoms with Gasteiger partial charge in [-0.15, -0.1) is 0 Å². The molecule has 2 rings (SSSR count). The number of fused-ring (bicyclic) bond motifs is 1. The summed E-state index contributed by atoms with van der Waals surface area (Å²) in [5, 5.41) is 0. The highest BCUT2D eigenvalue weighted by Gasteiger charge is 2.41. The van der Waals surface area contributed by atoms with Crippen molar-refractivity contribution in [2.75, 3.05) is 7.11 Å². The molecular formula is C17H23BrO2. The lowest BCUT2D eigenvalue weighted by molar-refractivity contribution is 0.0449. The molecule has 1 aromatic carbocycles. The lowest BCUT2D eigenvalue weighted by Crippen LogP contribution is -2.28. The first-order chi connectivity index (χ1) is 9.37. The van der Waals surface area contributed by atoms with Crippen LogP contribution in [0.3, 0.4) is 0 Å². The minimum Gasteiger partial charge on any atom is -0.381 e. The first-order valence-corrected chi connectivity index (χ1v) is 8.03. The van der Waals surface area contributed by atoms with Crippen LogP contribution in [-0.4, -0.2) is 19.0 Å². The van der Waals surface area contributed by atoms with Gasteiger partial charge < -0.3 is 4.74 Å². The molecule has 1 aliphatic rings. The van der Waals surface area contributed by atoms with Crippen LogP contribution in [-0.2, 0) is 11.2 Å². The molecule has 0 spiro atoms. The third-order valence-corrected chi connectivity index (χ3v) is 4.97. The minimum atomic E-state index is -0.269. The molecule has 0 unspecified atom stereocenters. The van der Waals surface area contributed by atoms with Crippen molar-refractivity contribution in [3.05, 3.63) is 33.8 Å². The fraction of sp³-hybridized carbons (Fsp3) is 0.588. The number of halogens is 1. The number of Topliss-reactive ketones (excluding diaryl/α,β-unsaturated/α-hetero) is 1. The fourth-order valence-electron chi connectivity index (χ4n) is 3.13. The van der Waals surface area contributed by atoms with Gasteiger partial charge in [-0.05, 0) is 42.9 Å². The van der Waals surface area contributed by atoms with E-state index in [0.29, 0.717) is 5.92 Å². The van der Waals surface area contributed by atoms with Gasteiger partial charge >= 0.3 is 0 Å². The number of benzene rings is 1. The van der Waals surface area contributed by atoms with E-state index in [0.717, 1.165) is 29.3 Å². The van der Waals surface area contributed by atoms with Gasteiger partial charge in [0.25, 0.3) is 0 Å². The van der Waals surface area contributed by atoms with Crippen molar-refractivity contribution in [1.82, 2.24) is 0 Å². The van der Waals surface area contributed by atoms with Gasteiger partial charge in [-0.25, -0.2) is 0 Å². The normalized spacial score (nSPS) is 23.2. The molecule has 0 aromatic heterocycles. The van der Waals surface area contributed by atoms with Gasteiger partial charge in [0.2, 0.25) is 0 Å². The summed E-state index contributed by atoms with van der Waals surface area (Å²) >= 11 is 3.45. The molecule has 20 heavy (non-hydrogen) atoms. The number of rotatable bonds is 5. The number of methoxy groups -OCH3 is 1. The zero-order chi connectivity index (χ0) is 14.9. The first-order valence-electron chi connectivity index (χ1n) is 7.23. The van der Waals surface area contributed by atoms with Gasteiger partial charge in [0.1, 0.15) is 0 Å². The molecule has 1 aromatic rings. The van der Waals surface area contributed by atoms with Crippen molar-refractivity contribution >= 4 is 21.7 Å². The molecular weight excluding hydrogens is 316 g/mol. The molecule has 2 atom stereocenters. The summed E-state index contributed by atoms with van der Waals surface area (Å²) < 4.78 is 6.51. The lowest BCUT2D eigenvalue weighted by Gasteiger charge is -2.26. The molecule has 0 aliphatic heterocycles. The summed E-state index contributed by atoms with van der Waals surface area (Å²) in [7, 11) is 1.76. The van der Waals surface area contributed by atoms with E-state index in [-0.39, 0.29) is 17.3 Å². The largest absolute Gasteiger partial charge is 0.381 e. The van der Waals surface area contributed by atoms with Gasteiger partial charge in [0.15, 0.2) is 5.78 Å². The van der Waals surface area contributed by atoms with Crippen LogP contribution in [0.25, 0.3) is 0 Å². The summed E-state index contributed by atoms with van der Waals surface area (Å²) in [4.78, 5) is 12.7. The summed E-state index contributed by atoms with van der Waals surface area (Å²) in [6.45, 7) is 6.42. The second-order valence-electron chi connectivity index (χ2n) is 6.42. The van der Waals surface area contributed by atoms with E-state index in [1.165, 1.54) is 5.56 Å². The molecule has 0 N–H and O–H groups in total. The van der Waals surface area contributed by atoms with Crippen LogP contribution in [0, 0.1) is 11.3 Å². The quantitative estimate of drug-likeness (QED) is 0.781. The smallest absolute Gasteiger partial charge is 0.169 e. The number of hydrogen-bond acceptors (Lipinski definition) is 2. The van der Waals surface area contributed by atoms with E-state index in [9.17, 15) is 4.79 Å². The Hall–Kier alpha value is -0.670. The first kappa shape index (κ1) is 15.7. The zero-order valence-electron chi connectivity index (χ0n) is 12.7. The van der Waals surface area contributed by atoms with E-state index in [4.69, 9.17) is 4.74 Å². The van der Waals surface area contributed by atoms with Crippen LogP contribution in [0.2, 0.25) is 0 Å². The van der Waals surface area contributed by atoms with E-state index < -0.39 is 0 Å². The topological polar surface area (TPSA) is 26.3 Å². The predicted molar refractivity (Wildman–Crippen MR) is 85.2 cm³/mol. The predicted octanol–water partition coefficient (Wildman–Crippen LogP) is 4.65. The highest BCUT2D eigenvalue weighted by molar-refractivity contribution is 9.10. The molecule has 0 bridgehead atoms. The Morgan fingerprint density at radius 2 is 2.10 bits per heavy atom. The number of carbonyl (C=O) groups is 1. The van der Waals surface area contributed by atoms with Gasteiger partial charge in [-0.1, -0.05) is 42.8 Å².